The number of benzene rings is 1. The van der Waals surface area contributed by atoms with E-state index in [0.29, 0.717) is 12.2 Å². The maximum absolute atomic E-state index is 11.1. The number of methoxy groups -OCH3 is 1. The van der Waals surface area contributed by atoms with Crippen molar-refractivity contribution in [3.05, 3.63) is 23.8 Å². The van der Waals surface area contributed by atoms with Gasteiger partial charge in [-0.2, -0.15) is 0 Å². The average Bonchev–Trinajstić information content (AvgIpc) is 2.25. The van der Waals surface area contributed by atoms with Gasteiger partial charge in [-0.1, -0.05) is 5.92 Å². The highest BCUT2D eigenvalue weighted by atomic mass is 16.5. The third-order valence-electron chi connectivity index (χ3n) is 1.80. The summed E-state index contributed by atoms with van der Waals surface area (Å²) in [5, 5.41) is 12.4. The number of terminal acetylenes is 1. The molecule has 0 saturated carbocycles. The third kappa shape index (κ3) is 2.64. The van der Waals surface area contributed by atoms with E-state index >= 15 is 0 Å². The van der Waals surface area contributed by atoms with E-state index in [1.165, 1.54) is 19.2 Å². The molecule has 0 aliphatic heterocycles. The fourth-order valence-corrected chi connectivity index (χ4v) is 1.08. The Morgan fingerprint density at radius 2 is 2.40 bits per heavy atom. The largest absolute Gasteiger partial charge is 0.507 e. The Bertz CT molecular complexity index is 407. The van der Waals surface area contributed by atoms with E-state index in [1.807, 2.05) is 0 Å². The van der Waals surface area contributed by atoms with Gasteiger partial charge in [-0.25, -0.2) is 4.79 Å². The molecule has 1 aromatic rings. The molecule has 0 atom stereocenters. The second-order valence-electron chi connectivity index (χ2n) is 2.78. The summed E-state index contributed by atoms with van der Waals surface area (Å²) >= 11 is 0. The van der Waals surface area contributed by atoms with Crippen LogP contribution in [0.4, 0.5) is 5.69 Å². The molecule has 0 unspecified atom stereocenters. The van der Waals surface area contributed by atoms with Crippen LogP contribution in [0.3, 0.4) is 0 Å². The predicted octanol–water partition coefficient (Wildman–Crippen LogP) is 1.22. The molecule has 0 saturated heterocycles. The molecule has 1 aromatic carbocycles. The standard InChI is InChI=1S/C11H11NO3/c1-3-6-12-8-4-5-9(10(13)7-8)11(14)15-2/h1,4-5,7,12-13H,6H2,2H3. The Balaban J connectivity index is 2.89. The van der Waals surface area contributed by atoms with Crippen LogP contribution < -0.4 is 5.32 Å². The first-order chi connectivity index (χ1) is 7.19. The molecule has 1 rings (SSSR count). The first kappa shape index (κ1) is 10.9. The Kier molecular flexibility index (Phi) is 3.58. The zero-order valence-corrected chi connectivity index (χ0v) is 8.28. The van der Waals surface area contributed by atoms with Gasteiger partial charge in [0.05, 0.1) is 13.7 Å². The number of carbonyl (C=O) groups is 1. The number of phenolic OH excluding ortho intramolecular Hbond substituents is 1. The molecular formula is C11H11NO3. The van der Waals surface area contributed by atoms with Crippen LogP contribution in [-0.2, 0) is 4.74 Å². The molecule has 4 heteroatoms. The molecule has 15 heavy (non-hydrogen) atoms. The predicted molar refractivity (Wildman–Crippen MR) is 56.8 cm³/mol. The summed E-state index contributed by atoms with van der Waals surface area (Å²) in [5.74, 6) is 1.69. The maximum atomic E-state index is 11.1. The Hall–Kier alpha value is -2.15. The second kappa shape index (κ2) is 4.91. The fraction of sp³-hybridized carbons (Fsp3) is 0.182. The van der Waals surface area contributed by atoms with E-state index in [2.05, 4.69) is 16.0 Å². The molecule has 0 aliphatic carbocycles. The highest BCUT2D eigenvalue weighted by Crippen LogP contribution is 2.22. The molecule has 78 valence electrons. The van der Waals surface area contributed by atoms with Crippen LogP contribution in [-0.4, -0.2) is 24.7 Å². The van der Waals surface area contributed by atoms with Crippen LogP contribution >= 0.6 is 0 Å². The minimum absolute atomic E-state index is 0.128. The summed E-state index contributed by atoms with van der Waals surface area (Å²) in [6, 6.07) is 4.53. The molecule has 0 heterocycles. The van der Waals surface area contributed by atoms with E-state index in [0.717, 1.165) is 0 Å². The lowest BCUT2D eigenvalue weighted by atomic mass is 10.2. The summed E-state index contributed by atoms with van der Waals surface area (Å²) in [6.45, 7) is 0.358. The van der Waals surface area contributed by atoms with E-state index in [-0.39, 0.29) is 11.3 Å². The van der Waals surface area contributed by atoms with Gasteiger partial charge in [-0.15, -0.1) is 6.42 Å². The maximum Gasteiger partial charge on any atom is 0.341 e. The van der Waals surface area contributed by atoms with Crippen molar-refractivity contribution in [1.29, 1.82) is 0 Å². The monoisotopic (exact) mass is 205 g/mol. The lowest BCUT2D eigenvalue weighted by Gasteiger charge is -2.06. The number of nitrogens with one attached hydrogen (secondary N) is 1. The Morgan fingerprint density at radius 3 is 2.93 bits per heavy atom. The summed E-state index contributed by atoms with van der Waals surface area (Å²) < 4.78 is 4.49. The minimum atomic E-state index is -0.573. The summed E-state index contributed by atoms with van der Waals surface area (Å²) in [5.41, 5.74) is 0.780. The second-order valence-corrected chi connectivity index (χ2v) is 2.78. The molecular weight excluding hydrogens is 194 g/mol. The van der Waals surface area contributed by atoms with Gasteiger partial charge in [-0.3, -0.25) is 0 Å². The van der Waals surface area contributed by atoms with Crippen molar-refractivity contribution in [2.24, 2.45) is 0 Å². The molecule has 0 fully saturated rings. The Labute approximate surface area is 87.9 Å². The highest BCUT2D eigenvalue weighted by molar-refractivity contribution is 5.92. The number of rotatable bonds is 3. The van der Waals surface area contributed by atoms with Crippen molar-refractivity contribution in [3.63, 3.8) is 0 Å². The fourth-order valence-electron chi connectivity index (χ4n) is 1.08. The topological polar surface area (TPSA) is 58.6 Å². The lowest BCUT2D eigenvalue weighted by Crippen LogP contribution is -2.03. The molecule has 2 N–H and O–H groups in total. The van der Waals surface area contributed by atoms with E-state index in [1.54, 1.807) is 6.07 Å². The van der Waals surface area contributed by atoms with Gasteiger partial charge < -0.3 is 15.2 Å². The number of carbonyl (C=O) groups excluding carboxylic acids is 1. The number of hydrogen-bond acceptors (Lipinski definition) is 4. The van der Waals surface area contributed by atoms with E-state index < -0.39 is 5.97 Å². The SMILES string of the molecule is C#CCNc1ccc(C(=O)OC)c(O)c1. The quantitative estimate of drug-likeness (QED) is 0.575. The smallest absolute Gasteiger partial charge is 0.341 e. The zero-order valence-electron chi connectivity index (χ0n) is 8.28. The molecule has 0 radical (unpaired) electrons. The third-order valence-corrected chi connectivity index (χ3v) is 1.80. The number of esters is 1. The first-order valence-electron chi connectivity index (χ1n) is 4.27. The van der Waals surface area contributed by atoms with Crippen LogP contribution in [0.15, 0.2) is 18.2 Å². The van der Waals surface area contributed by atoms with Crippen molar-refractivity contribution < 1.29 is 14.6 Å². The van der Waals surface area contributed by atoms with Gasteiger partial charge in [0, 0.05) is 11.8 Å². The molecule has 0 bridgehead atoms. The van der Waals surface area contributed by atoms with Gasteiger partial charge in [-0.05, 0) is 12.1 Å². The highest BCUT2D eigenvalue weighted by Gasteiger charge is 2.10. The van der Waals surface area contributed by atoms with Gasteiger partial charge >= 0.3 is 5.97 Å². The zero-order chi connectivity index (χ0) is 11.3. The van der Waals surface area contributed by atoms with E-state index in [9.17, 15) is 9.90 Å². The van der Waals surface area contributed by atoms with Crippen LogP contribution in [0.2, 0.25) is 0 Å². The van der Waals surface area contributed by atoms with Crippen LogP contribution in [0.25, 0.3) is 0 Å². The van der Waals surface area contributed by atoms with Crippen LogP contribution in [0.1, 0.15) is 10.4 Å². The van der Waals surface area contributed by atoms with Crippen LogP contribution in [0.5, 0.6) is 5.75 Å². The summed E-state index contributed by atoms with van der Waals surface area (Å²) in [4.78, 5) is 11.1. The van der Waals surface area contributed by atoms with Crippen molar-refractivity contribution in [2.45, 2.75) is 0 Å². The number of phenols is 1. The summed E-state index contributed by atoms with van der Waals surface area (Å²) in [7, 11) is 1.26. The molecule has 0 amide bonds. The van der Waals surface area contributed by atoms with Crippen molar-refractivity contribution >= 4 is 11.7 Å². The van der Waals surface area contributed by atoms with Crippen molar-refractivity contribution in [3.8, 4) is 18.1 Å². The molecule has 0 spiro atoms. The molecule has 0 aliphatic rings. The number of hydrogen-bond donors (Lipinski definition) is 2. The van der Waals surface area contributed by atoms with E-state index in [4.69, 9.17) is 6.42 Å². The van der Waals surface area contributed by atoms with Gasteiger partial charge in [0.15, 0.2) is 0 Å². The van der Waals surface area contributed by atoms with Gasteiger partial charge in [0.25, 0.3) is 0 Å². The minimum Gasteiger partial charge on any atom is -0.507 e. The van der Waals surface area contributed by atoms with Crippen LogP contribution in [0, 0.1) is 12.3 Å². The Morgan fingerprint density at radius 1 is 1.67 bits per heavy atom. The van der Waals surface area contributed by atoms with Gasteiger partial charge in [0.2, 0.25) is 0 Å². The lowest BCUT2D eigenvalue weighted by molar-refractivity contribution is 0.0597. The number of anilines is 1. The van der Waals surface area contributed by atoms with Crippen molar-refractivity contribution in [1.82, 2.24) is 0 Å². The van der Waals surface area contributed by atoms with Gasteiger partial charge in [0.1, 0.15) is 11.3 Å². The normalized spacial score (nSPS) is 9.07. The first-order valence-corrected chi connectivity index (χ1v) is 4.27. The molecule has 4 nitrogen and oxygen atoms in total. The summed E-state index contributed by atoms with van der Waals surface area (Å²) in [6.07, 6.45) is 5.06. The van der Waals surface area contributed by atoms with Crippen molar-refractivity contribution in [2.75, 3.05) is 19.0 Å². The number of aromatic hydroxyl groups is 1. The molecule has 0 aromatic heterocycles. The number of ether oxygens (including phenoxy) is 1. The average molecular weight is 205 g/mol.